The molecule has 0 saturated heterocycles. The molecule has 0 saturated carbocycles. The lowest BCUT2D eigenvalue weighted by atomic mass is 10.2. The summed E-state index contributed by atoms with van der Waals surface area (Å²) in [6.45, 7) is 3.34. The Morgan fingerprint density at radius 2 is 1.77 bits per heavy atom. The Labute approximate surface area is 152 Å². The van der Waals surface area contributed by atoms with Gasteiger partial charge in [0.2, 0.25) is 0 Å². The number of benzene rings is 2. The van der Waals surface area contributed by atoms with E-state index in [2.05, 4.69) is 6.58 Å². The average Bonchev–Trinajstić information content (AvgIpc) is 2.65. The number of carbonyl (C=O) groups is 1. The monoisotopic (exact) mass is 371 g/mol. The lowest BCUT2D eigenvalue weighted by Crippen LogP contribution is -2.31. The van der Waals surface area contributed by atoms with Crippen molar-refractivity contribution < 1.29 is 22.7 Å². The zero-order valence-corrected chi connectivity index (χ0v) is 14.7. The Hall–Kier alpha value is -3.06. The van der Waals surface area contributed by atoms with Crippen molar-refractivity contribution in [2.75, 3.05) is 13.2 Å². The molecule has 0 aromatic heterocycles. The van der Waals surface area contributed by atoms with Crippen LogP contribution in [0.3, 0.4) is 0 Å². The van der Waals surface area contributed by atoms with Gasteiger partial charge in [0, 0.05) is 5.56 Å². The number of nitrogens with zero attached hydrogens (tertiary/aromatic N) is 1. The molecule has 6 nitrogen and oxygen atoms in total. The summed E-state index contributed by atoms with van der Waals surface area (Å²) in [5.74, 6) is 0.0602. The quantitative estimate of drug-likeness (QED) is 0.577. The fraction of sp³-hybridized carbons (Fsp3) is 0.105. The van der Waals surface area contributed by atoms with Gasteiger partial charge in [-0.05, 0) is 24.3 Å². The van der Waals surface area contributed by atoms with Crippen molar-refractivity contribution in [2.24, 2.45) is 0 Å². The molecule has 1 aliphatic rings. The number of para-hydroxylation sites is 1. The zero-order chi connectivity index (χ0) is 18.6. The van der Waals surface area contributed by atoms with Crippen LogP contribution in [0.4, 0.5) is 0 Å². The highest BCUT2D eigenvalue weighted by atomic mass is 32.2. The van der Waals surface area contributed by atoms with E-state index in [1.165, 1.54) is 18.3 Å². The number of carbonyl (C=O) groups excluding carboxylic acids is 1. The van der Waals surface area contributed by atoms with E-state index in [1.807, 2.05) is 6.07 Å². The third-order valence-electron chi connectivity index (χ3n) is 3.63. The van der Waals surface area contributed by atoms with Gasteiger partial charge in [0.15, 0.2) is 12.4 Å². The third-order valence-corrected chi connectivity index (χ3v) is 5.42. The molecule has 2 aromatic carbocycles. The van der Waals surface area contributed by atoms with Crippen LogP contribution in [-0.4, -0.2) is 31.8 Å². The van der Waals surface area contributed by atoms with E-state index in [4.69, 9.17) is 9.47 Å². The second-order valence-electron chi connectivity index (χ2n) is 5.43. The maximum Gasteiger partial charge on any atom is 0.349 e. The molecule has 2 aromatic rings. The molecule has 0 unspecified atom stereocenters. The third kappa shape index (κ3) is 3.62. The number of rotatable bonds is 6. The van der Waals surface area contributed by atoms with Gasteiger partial charge in [-0.2, -0.15) is 0 Å². The molecule has 1 aliphatic heterocycles. The van der Waals surface area contributed by atoms with Crippen LogP contribution in [0.1, 0.15) is 5.56 Å². The Morgan fingerprint density at radius 3 is 2.50 bits per heavy atom. The van der Waals surface area contributed by atoms with Crippen LogP contribution < -0.4 is 4.74 Å². The van der Waals surface area contributed by atoms with Gasteiger partial charge in [-0.1, -0.05) is 36.4 Å². The molecule has 1 heterocycles. The van der Waals surface area contributed by atoms with E-state index in [1.54, 1.807) is 42.5 Å². The predicted octanol–water partition coefficient (Wildman–Crippen LogP) is 2.80. The molecule has 26 heavy (non-hydrogen) atoms. The Morgan fingerprint density at radius 1 is 1.08 bits per heavy atom. The summed E-state index contributed by atoms with van der Waals surface area (Å²) in [5.41, 5.74) is 0.334. The molecule has 3 rings (SSSR count). The van der Waals surface area contributed by atoms with Crippen LogP contribution in [0, 0.1) is 0 Å². The van der Waals surface area contributed by atoms with Gasteiger partial charge in [0.1, 0.15) is 5.75 Å². The van der Waals surface area contributed by atoms with Crippen LogP contribution >= 0.6 is 0 Å². The summed E-state index contributed by atoms with van der Waals surface area (Å²) in [7, 11) is -3.71. The summed E-state index contributed by atoms with van der Waals surface area (Å²) in [5, 5.41) is 0. The van der Waals surface area contributed by atoms with Crippen molar-refractivity contribution in [3.8, 4) is 5.75 Å². The Kier molecular flexibility index (Phi) is 5.09. The molecular formula is C19H17NO5S. The van der Waals surface area contributed by atoms with Crippen LogP contribution in [0.2, 0.25) is 0 Å². The first kappa shape index (κ1) is 17.8. The second-order valence-corrected chi connectivity index (χ2v) is 7.29. The van der Waals surface area contributed by atoms with Gasteiger partial charge in [-0.25, -0.2) is 13.2 Å². The summed E-state index contributed by atoms with van der Waals surface area (Å²) in [6.07, 6.45) is 2.75. The maximum absolute atomic E-state index is 12.6. The number of hydrogen-bond donors (Lipinski definition) is 0. The Balaban J connectivity index is 1.81. The molecule has 0 aliphatic carbocycles. The predicted molar refractivity (Wildman–Crippen MR) is 96.5 cm³/mol. The summed E-state index contributed by atoms with van der Waals surface area (Å²) in [4.78, 5) is 12.2. The number of ether oxygens (including phenoxy) is 2. The minimum absolute atomic E-state index is 0.0677. The van der Waals surface area contributed by atoms with Gasteiger partial charge >= 0.3 is 5.97 Å². The van der Waals surface area contributed by atoms with E-state index in [0.29, 0.717) is 11.3 Å². The highest BCUT2D eigenvalue weighted by molar-refractivity contribution is 7.89. The summed E-state index contributed by atoms with van der Waals surface area (Å²) >= 11 is 0. The topological polar surface area (TPSA) is 72.9 Å². The van der Waals surface area contributed by atoms with Crippen LogP contribution in [0.15, 0.2) is 78.3 Å². The fourth-order valence-electron chi connectivity index (χ4n) is 2.46. The largest absolute Gasteiger partial charge is 0.482 e. The molecule has 0 radical (unpaired) electrons. The average molecular weight is 371 g/mol. The van der Waals surface area contributed by atoms with Crippen molar-refractivity contribution in [3.63, 3.8) is 0 Å². The molecule has 0 atom stereocenters. The van der Waals surface area contributed by atoms with E-state index in [-0.39, 0.29) is 23.8 Å². The lowest BCUT2D eigenvalue weighted by molar-refractivity contribution is -0.139. The fourth-order valence-corrected chi connectivity index (χ4v) is 3.95. The van der Waals surface area contributed by atoms with Gasteiger partial charge < -0.3 is 9.47 Å². The van der Waals surface area contributed by atoms with E-state index in [9.17, 15) is 13.2 Å². The first-order valence-corrected chi connectivity index (χ1v) is 9.29. The molecule has 0 amide bonds. The van der Waals surface area contributed by atoms with Crippen molar-refractivity contribution in [2.45, 2.75) is 4.90 Å². The summed E-state index contributed by atoms with van der Waals surface area (Å²) < 4.78 is 37.0. The van der Waals surface area contributed by atoms with E-state index < -0.39 is 16.0 Å². The van der Waals surface area contributed by atoms with Crippen molar-refractivity contribution in [1.82, 2.24) is 4.31 Å². The van der Waals surface area contributed by atoms with Crippen molar-refractivity contribution in [1.29, 1.82) is 0 Å². The molecule has 0 bridgehead atoms. The minimum Gasteiger partial charge on any atom is -0.482 e. The number of fused-ring (bicyclic) bond motifs is 1. The van der Waals surface area contributed by atoms with Gasteiger partial charge in [-0.3, -0.25) is 4.31 Å². The van der Waals surface area contributed by atoms with Crippen molar-refractivity contribution >= 4 is 21.8 Å². The molecule has 0 N–H and O–H groups in total. The van der Waals surface area contributed by atoms with Gasteiger partial charge in [-0.15, -0.1) is 6.58 Å². The molecule has 7 heteroatoms. The maximum atomic E-state index is 12.6. The standard InChI is InChI=1S/C19H17NO5S/c1-2-12-20-13-17(16-10-6-7-11-18(16)26(20,22)23)25-19(21)14-24-15-8-4-3-5-9-15/h2-11,13H,1,12,14H2. The SMILES string of the molecule is C=CCN1C=C(OC(=O)COc2ccccc2)c2ccccc2S1(=O)=O. The molecule has 0 fully saturated rings. The first-order valence-electron chi connectivity index (χ1n) is 7.85. The van der Waals surface area contributed by atoms with Gasteiger partial charge in [0.05, 0.1) is 17.6 Å². The van der Waals surface area contributed by atoms with E-state index in [0.717, 1.165) is 4.31 Å². The molecular weight excluding hydrogens is 354 g/mol. The smallest absolute Gasteiger partial charge is 0.349 e. The summed E-state index contributed by atoms with van der Waals surface area (Å²) in [6, 6.07) is 15.2. The number of sulfonamides is 1. The molecule has 134 valence electrons. The highest BCUT2D eigenvalue weighted by Gasteiger charge is 2.32. The zero-order valence-electron chi connectivity index (χ0n) is 13.9. The van der Waals surface area contributed by atoms with Crippen LogP contribution in [-0.2, 0) is 19.6 Å². The number of esters is 1. The van der Waals surface area contributed by atoms with Crippen LogP contribution in [0.5, 0.6) is 5.75 Å². The number of hydrogen-bond acceptors (Lipinski definition) is 5. The lowest BCUT2D eigenvalue weighted by Gasteiger charge is -2.26. The highest BCUT2D eigenvalue weighted by Crippen LogP contribution is 2.32. The first-order chi connectivity index (χ1) is 12.5. The Bertz CT molecular complexity index is 951. The minimum atomic E-state index is -3.71. The second kappa shape index (κ2) is 7.45. The van der Waals surface area contributed by atoms with Gasteiger partial charge in [0.25, 0.3) is 10.0 Å². The molecule has 0 spiro atoms. The van der Waals surface area contributed by atoms with Crippen LogP contribution in [0.25, 0.3) is 5.76 Å². The van der Waals surface area contributed by atoms with Crippen molar-refractivity contribution in [3.05, 3.63) is 79.0 Å². The normalized spacial score (nSPS) is 14.8. The van der Waals surface area contributed by atoms with E-state index >= 15 is 0 Å².